The van der Waals surface area contributed by atoms with Gasteiger partial charge in [0.05, 0.1) is 89.9 Å². The van der Waals surface area contributed by atoms with Gasteiger partial charge in [-0.05, 0) is 54.3 Å². The Bertz CT molecular complexity index is 2030. The van der Waals surface area contributed by atoms with Crippen LogP contribution in [0.4, 0.5) is 13.2 Å². The van der Waals surface area contributed by atoms with Crippen LogP contribution in [0.5, 0.6) is 0 Å². The fraction of sp³-hybridized carbons (Fsp3) is 0.571. The molecular weight excluding hydrogens is 805 g/mol. The summed E-state index contributed by atoms with van der Waals surface area (Å²) in [5, 5.41) is 21.4. The van der Waals surface area contributed by atoms with E-state index < -0.39 is 35.2 Å². The van der Waals surface area contributed by atoms with E-state index in [2.05, 4.69) is 15.7 Å². The first-order chi connectivity index (χ1) is 29.1. The fourth-order valence-corrected chi connectivity index (χ4v) is 6.67. The summed E-state index contributed by atoms with van der Waals surface area (Å²) in [6, 6.07) is 9.33. The molecule has 1 aliphatic rings. The van der Waals surface area contributed by atoms with Gasteiger partial charge in [0.15, 0.2) is 5.65 Å². The minimum absolute atomic E-state index is 0.201. The number of alkyl halides is 3. The van der Waals surface area contributed by atoms with Crippen molar-refractivity contribution in [3.63, 3.8) is 0 Å². The third-order valence-electron chi connectivity index (χ3n) is 9.78. The molecule has 1 fully saturated rings. The van der Waals surface area contributed by atoms with Crippen LogP contribution >= 0.6 is 0 Å². The van der Waals surface area contributed by atoms with Gasteiger partial charge in [0.1, 0.15) is 12.6 Å². The Morgan fingerprint density at radius 2 is 1.39 bits per heavy atom. The predicted molar refractivity (Wildman–Crippen MR) is 218 cm³/mol. The van der Waals surface area contributed by atoms with E-state index in [0.717, 1.165) is 22.9 Å². The highest BCUT2D eigenvalue weighted by Gasteiger charge is 2.38. The van der Waals surface area contributed by atoms with Gasteiger partial charge < -0.3 is 49.1 Å². The van der Waals surface area contributed by atoms with Crippen molar-refractivity contribution in [2.24, 2.45) is 12.5 Å². The lowest BCUT2D eigenvalue weighted by Crippen LogP contribution is -2.55. The van der Waals surface area contributed by atoms with Gasteiger partial charge in [-0.2, -0.15) is 18.3 Å². The Kier molecular flexibility index (Phi) is 17.5. The van der Waals surface area contributed by atoms with Crippen molar-refractivity contribution >= 4 is 39.7 Å². The molecule has 5 rings (SSSR count). The molecule has 336 valence electrons. The van der Waals surface area contributed by atoms with Gasteiger partial charge in [-0.3, -0.25) is 23.6 Å². The van der Waals surface area contributed by atoms with Crippen LogP contribution in [0.25, 0.3) is 27.6 Å². The average molecular weight is 863 g/mol. The number of carbonyl (C=O) groups is 3. The zero-order valence-corrected chi connectivity index (χ0v) is 35.1. The summed E-state index contributed by atoms with van der Waals surface area (Å²) in [6.45, 7) is 10.2. The van der Waals surface area contributed by atoms with Crippen molar-refractivity contribution in [1.82, 2.24) is 29.9 Å². The van der Waals surface area contributed by atoms with E-state index in [1.54, 1.807) is 39.4 Å². The first-order valence-electron chi connectivity index (χ1n) is 20.3. The molecule has 1 aliphatic heterocycles. The molecular formula is C42H57F3N6O10. The van der Waals surface area contributed by atoms with Gasteiger partial charge in [0.25, 0.3) is 5.91 Å². The maximum absolute atomic E-state index is 13.2. The molecule has 2 unspecified atom stereocenters. The number of hydrogen-bond acceptors (Lipinski definition) is 11. The number of aliphatic hydroxyl groups is 1. The molecule has 2 atom stereocenters. The van der Waals surface area contributed by atoms with E-state index >= 15 is 0 Å². The number of ether oxygens (including phenoxy) is 6. The van der Waals surface area contributed by atoms with Crippen LogP contribution in [0.15, 0.2) is 48.7 Å². The monoisotopic (exact) mass is 862 g/mol. The lowest BCUT2D eigenvalue weighted by atomic mass is 9.85. The lowest BCUT2D eigenvalue weighted by Gasteiger charge is -2.33. The van der Waals surface area contributed by atoms with Crippen molar-refractivity contribution in [3.05, 3.63) is 59.8 Å². The third kappa shape index (κ3) is 13.9. The lowest BCUT2D eigenvalue weighted by molar-refractivity contribution is -0.140. The summed E-state index contributed by atoms with van der Waals surface area (Å²) >= 11 is 0. The van der Waals surface area contributed by atoms with Crippen LogP contribution in [0, 0.1) is 5.41 Å². The molecule has 3 N–H and O–H groups in total. The summed E-state index contributed by atoms with van der Waals surface area (Å²) in [4.78, 5) is 39.9. The van der Waals surface area contributed by atoms with E-state index in [1.807, 2.05) is 27.0 Å². The van der Waals surface area contributed by atoms with Crippen molar-refractivity contribution < 1.29 is 61.1 Å². The minimum Gasteiger partial charge on any atom is -0.391 e. The molecule has 16 nitrogen and oxygen atoms in total. The van der Waals surface area contributed by atoms with Crippen LogP contribution in [0.1, 0.15) is 43.1 Å². The topological polar surface area (TPSA) is 177 Å². The quantitative estimate of drug-likeness (QED) is 0.0880. The second-order valence-electron chi connectivity index (χ2n) is 15.6. The molecule has 0 radical (unpaired) electrons. The molecule has 61 heavy (non-hydrogen) atoms. The number of β-amino-alcohol motifs (C(OH)–C–C–N with tert-alkyl or cyclic N) is 1. The van der Waals surface area contributed by atoms with E-state index in [9.17, 15) is 32.7 Å². The van der Waals surface area contributed by atoms with Gasteiger partial charge in [-0.25, -0.2) is 0 Å². The second-order valence-corrected chi connectivity index (χ2v) is 15.6. The van der Waals surface area contributed by atoms with Gasteiger partial charge in [-0.1, -0.05) is 20.8 Å². The van der Waals surface area contributed by atoms with E-state index in [4.69, 9.17) is 28.4 Å². The van der Waals surface area contributed by atoms with Crippen molar-refractivity contribution in [2.75, 3.05) is 98.9 Å². The number of aryl methyl sites for hydroxylation is 1. The smallest absolute Gasteiger partial charge is 0.391 e. The van der Waals surface area contributed by atoms with Gasteiger partial charge >= 0.3 is 6.18 Å². The number of benzene rings is 2. The summed E-state index contributed by atoms with van der Waals surface area (Å²) in [7, 11) is 1.75. The highest BCUT2D eigenvalue weighted by atomic mass is 19.4. The van der Waals surface area contributed by atoms with Crippen LogP contribution < -0.4 is 10.6 Å². The third-order valence-corrected chi connectivity index (χ3v) is 9.78. The number of nitrogens with one attached hydrogen (secondary N) is 2. The zero-order valence-electron chi connectivity index (χ0n) is 35.1. The highest BCUT2D eigenvalue weighted by Crippen LogP contribution is 2.34. The number of hydrogen-bond donors (Lipinski definition) is 3. The standard InChI is InChI=1S/C42H57F3N6O10/c1-41(2,3)37(40(55)50-13-11-32(52)26-50)47-36(53)28-61-24-23-60-22-21-59-20-19-58-18-17-57-16-15-56-14-12-46-39(54)29-5-10-35-33(25-29)34-27-49(4)48-38(34)51(35)31-8-6-30(7-9-31)42(43,44)45/h5-10,25,27,32,37,52H,11-24,26,28H2,1-4H3,(H,46,54)(H,47,53). The molecule has 3 amide bonds. The molecule has 2 aromatic carbocycles. The zero-order chi connectivity index (χ0) is 44.0. The van der Waals surface area contributed by atoms with E-state index in [1.165, 1.54) is 12.1 Å². The van der Waals surface area contributed by atoms with E-state index in [-0.39, 0.29) is 51.3 Å². The van der Waals surface area contributed by atoms with Crippen molar-refractivity contribution in [1.29, 1.82) is 0 Å². The fourth-order valence-electron chi connectivity index (χ4n) is 6.67. The summed E-state index contributed by atoms with van der Waals surface area (Å²) in [5.41, 5.74) is 0.974. The maximum Gasteiger partial charge on any atom is 0.416 e. The molecule has 1 saturated heterocycles. The minimum atomic E-state index is -4.44. The summed E-state index contributed by atoms with van der Waals surface area (Å²) < 4.78 is 75.8. The second kappa shape index (κ2) is 22.5. The van der Waals surface area contributed by atoms with Crippen molar-refractivity contribution in [3.8, 4) is 5.69 Å². The number of nitrogens with zero attached hydrogens (tertiary/aromatic N) is 4. The van der Waals surface area contributed by atoms with Gasteiger partial charge in [0, 0.05) is 54.9 Å². The number of aromatic nitrogens is 3. The molecule has 3 heterocycles. The molecule has 0 aliphatic carbocycles. The number of carbonyl (C=O) groups excluding carboxylic acids is 3. The Morgan fingerprint density at radius 3 is 1.93 bits per heavy atom. The van der Waals surface area contributed by atoms with Crippen molar-refractivity contribution in [2.45, 2.75) is 45.5 Å². The number of aliphatic hydroxyl groups excluding tert-OH is 1. The number of rotatable bonds is 24. The van der Waals surface area contributed by atoms with Gasteiger partial charge in [0.2, 0.25) is 11.8 Å². The van der Waals surface area contributed by atoms with Crippen LogP contribution in [-0.2, 0) is 51.2 Å². The van der Waals surface area contributed by atoms with Gasteiger partial charge in [-0.15, -0.1) is 0 Å². The maximum atomic E-state index is 13.2. The molecule has 19 heteroatoms. The summed E-state index contributed by atoms with van der Waals surface area (Å²) in [5.74, 6) is -0.892. The van der Waals surface area contributed by atoms with Crippen LogP contribution in [0.3, 0.4) is 0 Å². The number of likely N-dealkylation sites (tertiary alicyclic amines) is 1. The highest BCUT2D eigenvalue weighted by molar-refractivity contribution is 6.10. The molecule has 4 aromatic rings. The Morgan fingerprint density at radius 1 is 0.820 bits per heavy atom. The molecule has 0 spiro atoms. The molecule has 2 aromatic heterocycles. The van der Waals surface area contributed by atoms with E-state index in [0.29, 0.717) is 88.2 Å². The Hall–Kier alpha value is -4.63. The SMILES string of the molecule is Cn1cc2c3cc(C(=O)NCCOCCOCCOCCOCCOCCOCC(=O)NC(C(=O)N4CCC(O)C4)C(C)(C)C)ccc3n(-c3ccc(C(F)(F)F)cc3)c2n1. The molecule has 0 saturated carbocycles. The molecule has 0 bridgehead atoms. The number of amides is 3. The summed E-state index contributed by atoms with van der Waals surface area (Å²) in [6.07, 6.45) is -2.63. The van der Waals surface area contributed by atoms with Crippen LogP contribution in [-0.4, -0.2) is 153 Å². The first kappa shape index (κ1) is 47.4. The first-order valence-corrected chi connectivity index (χ1v) is 20.3. The Labute approximate surface area is 352 Å². The largest absolute Gasteiger partial charge is 0.416 e. The normalized spacial score (nSPS) is 15.2. The Balaban J connectivity index is 0.845. The van der Waals surface area contributed by atoms with Crippen LogP contribution in [0.2, 0.25) is 0 Å². The number of fused-ring (bicyclic) bond motifs is 3. The number of halogens is 3. The predicted octanol–water partition coefficient (Wildman–Crippen LogP) is 3.49. The average Bonchev–Trinajstić information content (AvgIpc) is 3.90.